The zero-order valence-corrected chi connectivity index (χ0v) is 8.38. The molecule has 1 amide bonds. The molecule has 0 saturated heterocycles. The Bertz CT molecular complexity index is 415. The number of benzene rings is 1. The summed E-state index contributed by atoms with van der Waals surface area (Å²) < 4.78 is 13.5. The molecule has 0 saturated carbocycles. The first-order valence-electron chi connectivity index (χ1n) is 4.81. The lowest BCUT2D eigenvalue weighted by atomic mass is 10.0. The summed E-state index contributed by atoms with van der Waals surface area (Å²) in [5.41, 5.74) is 1.49. The molecule has 4 heteroatoms. The third-order valence-electron chi connectivity index (χ3n) is 2.73. The van der Waals surface area contributed by atoms with Crippen molar-refractivity contribution >= 4 is 5.91 Å². The van der Waals surface area contributed by atoms with Crippen LogP contribution in [0.15, 0.2) is 18.2 Å². The van der Waals surface area contributed by atoms with Crippen LogP contribution < -0.4 is 5.32 Å². The van der Waals surface area contributed by atoms with Gasteiger partial charge in [-0.05, 0) is 24.1 Å². The maximum Gasteiger partial charge on any atom is 0.251 e. The molecule has 15 heavy (non-hydrogen) atoms. The van der Waals surface area contributed by atoms with E-state index in [1.54, 1.807) is 13.1 Å². The molecule has 0 radical (unpaired) electrons. The molecule has 80 valence electrons. The van der Waals surface area contributed by atoms with Crippen LogP contribution in [0.4, 0.5) is 4.39 Å². The number of halogens is 1. The minimum absolute atomic E-state index is 0.0690. The van der Waals surface area contributed by atoms with Gasteiger partial charge in [-0.1, -0.05) is 6.07 Å². The molecule has 1 aromatic carbocycles. The Labute approximate surface area is 86.9 Å². The van der Waals surface area contributed by atoms with Crippen molar-refractivity contribution in [2.24, 2.45) is 0 Å². The summed E-state index contributed by atoms with van der Waals surface area (Å²) in [5, 5.41) is 11.9. The summed E-state index contributed by atoms with van der Waals surface area (Å²) in [6.07, 6.45) is 0.534. The lowest BCUT2D eigenvalue weighted by Crippen LogP contribution is -2.18. The number of hydrogen-bond donors (Lipinski definition) is 2. The molecular weight excluding hydrogens is 197 g/mol. The fourth-order valence-electron chi connectivity index (χ4n) is 1.89. The van der Waals surface area contributed by atoms with Crippen molar-refractivity contribution in [1.82, 2.24) is 5.32 Å². The molecule has 0 spiro atoms. The minimum Gasteiger partial charge on any atom is -0.358 e. The fourth-order valence-corrected chi connectivity index (χ4v) is 1.89. The van der Waals surface area contributed by atoms with Gasteiger partial charge >= 0.3 is 0 Å². The Morgan fingerprint density at radius 1 is 1.60 bits per heavy atom. The summed E-state index contributed by atoms with van der Waals surface area (Å²) in [4.78, 5) is 11.3. The number of carbonyl (C=O) groups excluding carboxylic acids is 1. The minimum atomic E-state index is -2.23. The maximum absolute atomic E-state index is 13.5. The first-order valence-corrected chi connectivity index (χ1v) is 4.81. The highest BCUT2D eigenvalue weighted by Crippen LogP contribution is 2.38. The molecule has 1 aliphatic carbocycles. The normalized spacial score (nSPS) is 23.7. The highest BCUT2D eigenvalue weighted by Gasteiger charge is 2.36. The SMILES string of the molecule is CNC(=O)c1ccc2c(c1)CCC2(O)F. The van der Waals surface area contributed by atoms with Gasteiger partial charge < -0.3 is 10.4 Å². The molecule has 2 rings (SSSR count). The van der Waals surface area contributed by atoms with Crippen LogP contribution in [-0.2, 0) is 12.3 Å². The summed E-state index contributed by atoms with van der Waals surface area (Å²) in [6, 6.07) is 4.63. The lowest BCUT2D eigenvalue weighted by Gasteiger charge is -2.12. The van der Waals surface area contributed by atoms with E-state index in [2.05, 4.69) is 5.32 Å². The third kappa shape index (κ3) is 1.61. The molecule has 1 unspecified atom stereocenters. The number of aryl methyl sites for hydroxylation is 1. The number of aliphatic hydroxyl groups is 1. The van der Waals surface area contributed by atoms with Crippen LogP contribution in [0.5, 0.6) is 0 Å². The Morgan fingerprint density at radius 3 is 3.00 bits per heavy atom. The van der Waals surface area contributed by atoms with E-state index in [1.807, 2.05) is 0 Å². The van der Waals surface area contributed by atoms with E-state index >= 15 is 0 Å². The van der Waals surface area contributed by atoms with Crippen LogP contribution in [0.25, 0.3) is 0 Å². The average Bonchev–Trinajstić information content (AvgIpc) is 2.53. The Balaban J connectivity index is 2.42. The van der Waals surface area contributed by atoms with Crippen LogP contribution >= 0.6 is 0 Å². The van der Waals surface area contributed by atoms with Crippen LogP contribution in [0.3, 0.4) is 0 Å². The van der Waals surface area contributed by atoms with Crippen LogP contribution in [-0.4, -0.2) is 18.1 Å². The smallest absolute Gasteiger partial charge is 0.251 e. The van der Waals surface area contributed by atoms with Crippen molar-refractivity contribution in [3.8, 4) is 0 Å². The number of carbonyl (C=O) groups is 1. The predicted molar refractivity (Wildman–Crippen MR) is 53.2 cm³/mol. The second kappa shape index (κ2) is 3.31. The molecule has 1 aliphatic rings. The van der Waals surface area contributed by atoms with Crippen molar-refractivity contribution in [2.75, 3.05) is 7.05 Å². The van der Waals surface area contributed by atoms with Gasteiger partial charge in [-0.2, -0.15) is 0 Å². The molecule has 0 heterocycles. The van der Waals surface area contributed by atoms with Crippen molar-refractivity contribution < 1.29 is 14.3 Å². The van der Waals surface area contributed by atoms with Gasteiger partial charge in [0.2, 0.25) is 5.85 Å². The number of rotatable bonds is 1. The number of alkyl halides is 1. The highest BCUT2D eigenvalue weighted by atomic mass is 19.2. The monoisotopic (exact) mass is 209 g/mol. The zero-order valence-electron chi connectivity index (χ0n) is 8.38. The van der Waals surface area contributed by atoms with E-state index in [0.29, 0.717) is 17.5 Å². The van der Waals surface area contributed by atoms with Gasteiger partial charge in [0.25, 0.3) is 5.91 Å². The molecule has 1 aromatic rings. The molecule has 3 nitrogen and oxygen atoms in total. The fraction of sp³-hybridized carbons (Fsp3) is 0.364. The molecule has 0 fully saturated rings. The van der Waals surface area contributed by atoms with Crippen LogP contribution in [0, 0.1) is 0 Å². The molecule has 1 atom stereocenters. The van der Waals surface area contributed by atoms with E-state index in [4.69, 9.17) is 0 Å². The van der Waals surface area contributed by atoms with Gasteiger partial charge in [0, 0.05) is 24.6 Å². The second-order valence-electron chi connectivity index (χ2n) is 3.71. The van der Waals surface area contributed by atoms with E-state index in [1.165, 1.54) is 12.1 Å². The summed E-state index contributed by atoms with van der Waals surface area (Å²) in [6.45, 7) is 0. The third-order valence-corrected chi connectivity index (χ3v) is 2.73. The summed E-state index contributed by atoms with van der Waals surface area (Å²) in [5.74, 6) is -2.43. The largest absolute Gasteiger partial charge is 0.358 e. The number of hydrogen-bond acceptors (Lipinski definition) is 2. The van der Waals surface area contributed by atoms with Gasteiger partial charge in [-0.15, -0.1) is 0 Å². The predicted octanol–water partition coefficient (Wildman–Crippen LogP) is 1.11. The molecule has 2 N–H and O–H groups in total. The molecule has 0 aromatic heterocycles. The molecular formula is C11H12FNO2. The topological polar surface area (TPSA) is 49.3 Å². The molecule has 0 aliphatic heterocycles. The first-order chi connectivity index (χ1) is 7.04. The van der Waals surface area contributed by atoms with Gasteiger partial charge in [0.05, 0.1) is 0 Å². The Morgan fingerprint density at radius 2 is 2.33 bits per heavy atom. The summed E-state index contributed by atoms with van der Waals surface area (Å²) >= 11 is 0. The highest BCUT2D eigenvalue weighted by molar-refractivity contribution is 5.94. The first kappa shape index (κ1) is 10.1. The Hall–Kier alpha value is -1.42. The van der Waals surface area contributed by atoms with Crippen LogP contribution in [0.1, 0.15) is 27.9 Å². The zero-order chi connectivity index (χ0) is 11.1. The maximum atomic E-state index is 13.5. The number of fused-ring (bicyclic) bond motifs is 1. The summed E-state index contributed by atoms with van der Waals surface area (Å²) in [7, 11) is 1.54. The van der Waals surface area contributed by atoms with E-state index < -0.39 is 5.85 Å². The van der Waals surface area contributed by atoms with E-state index in [-0.39, 0.29) is 17.9 Å². The van der Waals surface area contributed by atoms with Crippen molar-refractivity contribution in [2.45, 2.75) is 18.7 Å². The van der Waals surface area contributed by atoms with Gasteiger partial charge in [-0.25, -0.2) is 4.39 Å². The number of nitrogens with one attached hydrogen (secondary N) is 1. The quantitative estimate of drug-likeness (QED) is 0.727. The van der Waals surface area contributed by atoms with Gasteiger partial charge in [0.15, 0.2) is 0 Å². The van der Waals surface area contributed by atoms with Gasteiger partial charge in [-0.3, -0.25) is 4.79 Å². The van der Waals surface area contributed by atoms with Crippen molar-refractivity contribution in [3.05, 3.63) is 34.9 Å². The van der Waals surface area contributed by atoms with Gasteiger partial charge in [0.1, 0.15) is 0 Å². The Kier molecular flexibility index (Phi) is 2.23. The second-order valence-corrected chi connectivity index (χ2v) is 3.71. The standard InChI is InChI=1S/C11H12FNO2/c1-13-10(14)8-2-3-9-7(6-8)4-5-11(9,12)15/h2-3,6,15H,4-5H2,1H3,(H,13,14). The van der Waals surface area contributed by atoms with E-state index in [9.17, 15) is 14.3 Å². The number of amides is 1. The molecule has 0 bridgehead atoms. The van der Waals surface area contributed by atoms with Crippen molar-refractivity contribution in [1.29, 1.82) is 0 Å². The van der Waals surface area contributed by atoms with Crippen LogP contribution in [0.2, 0.25) is 0 Å². The van der Waals surface area contributed by atoms with Crippen molar-refractivity contribution in [3.63, 3.8) is 0 Å². The van der Waals surface area contributed by atoms with E-state index in [0.717, 1.165) is 0 Å². The average molecular weight is 209 g/mol. The lowest BCUT2D eigenvalue weighted by molar-refractivity contribution is -0.0926.